The fourth-order valence-corrected chi connectivity index (χ4v) is 3.08. The zero-order valence-electron chi connectivity index (χ0n) is 13.9. The van der Waals surface area contributed by atoms with E-state index in [0.29, 0.717) is 12.3 Å². The summed E-state index contributed by atoms with van der Waals surface area (Å²) in [6.07, 6.45) is 0. The molecule has 0 aliphatic rings. The van der Waals surface area contributed by atoms with Gasteiger partial charge in [0.05, 0.1) is 0 Å². The van der Waals surface area contributed by atoms with Gasteiger partial charge in [0.25, 0.3) is 11.7 Å². The number of fused-ring (bicyclic) bond motifs is 1. The molecular formula is C17H19N5OS. The van der Waals surface area contributed by atoms with Crippen molar-refractivity contribution in [1.82, 2.24) is 24.9 Å². The van der Waals surface area contributed by atoms with E-state index in [1.54, 1.807) is 16.3 Å². The van der Waals surface area contributed by atoms with Crippen molar-refractivity contribution < 1.29 is 4.79 Å². The number of carbonyl (C=O) groups excluding carboxylic acids is 1. The predicted octanol–water partition coefficient (Wildman–Crippen LogP) is 2.57. The first-order valence-electron chi connectivity index (χ1n) is 7.71. The highest BCUT2D eigenvalue weighted by Gasteiger charge is 2.14. The molecule has 6 nitrogen and oxygen atoms in total. The lowest BCUT2D eigenvalue weighted by atomic mass is 10.2. The quantitative estimate of drug-likeness (QED) is 0.570. The first-order chi connectivity index (χ1) is 11.5. The fraction of sp³-hybridized carbons (Fsp3) is 0.294. The molecule has 0 atom stereocenters. The van der Waals surface area contributed by atoms with Crippen LogP contribution in [-0.2, 0) is 0 Å². The Morgan fingerprint density at radius 2 is 1.92 bits per heavy atom. The number of benzene rings is 1. The summed E-state index contributed by atoms with van der Waals surface area (Å²) in [6.45, 7) is 6.42. The SMILES string of the molecule is Cc1ccc(SCCNC(=O)c2nc3nc(C)cc(C)n3n2)cc1. The van der Waals surface area contributed by atoms with Crippen LogP contribution in [0.2, 0.25) is 0 Å². The van der Waals surface area contributed by atoms with Gasteiger partial charge in [0.15, 0.2) is 0 Å². The zero-order valence-corrected chi connectivity index (χ0v) is 14.7. The van der Waals surface area contributed by atoms with Crippen molar-refractivity contribution in [2.45, 2.75) is 25.7 Å². The lowest BCUT2D eigenvalue weighted by Crippen LogP contribution is -2.26. The van der Waals surface area contributed by atoms with Crippen LogP contribution in [0.1, 0.15) is 27.6 Å². The van der Waals surface area contributed by atoms with Gasteiger partial charge in [-0.25, -0.2) is 9.50 Å². The molecule has 24 heavy (non-hydrogen) atoms. The normalized spacial score (nSPS) is 11.0. The second-order valence-corrected chi connectivity index (χ2v) is 6.77. The van der Waals surface area contributed by atoms with Crippen molar-refractivity contribution in [2.75, 3.05) is 12.3 Å². The minimum absolute atomic E-state index is 0.150. The van der Waals surface area contributed by atoms with E-state index in [-0.39, 0.29) is 11.7 Å². The van der Waals surface area contributed by atoms with Crippen molar-refractivity contribution in [2.24, 2.45) is 0 Å². The van der Waals surface area contributed by atoms with Crippen molar-refractivity contribution >= 4 is 23.4 Å². The first-order valence-corrected chi connectivity index (χ1v) is 8.70. The second-order valence-electron chi connectivity index (χ2n) is 5.60. The van der Waals surface area contributed by atoms with Gasteiger partial charge in [-0.15, -0.1) is 16.9 Å². The van der Waals surface area contributed by atoms with Gasteiger partial charge in [0, 0.05) is 28.6 Å². The van der Waals surface area contributed by atoms with Crippen LogP contribution in [0.5, 0.6) is 0 Å². The molecule has 124 valence electrons. The maximum atomic E-state index is 12.2. The molecule has 3 rings (SSSR count). The number of nitrogens with zero attached hydrogens (tertiary/aromatic N) is 4. The Hall–Kier alpha value is -2.41. The lowest BCUT2D eigenvalue weighted by molar-refractivity contribution is 0.0946. The molecule has 0 saturated heterocycles. The zero-order chi connectivity index (χ0) is 17.1. The highest BCUT2D eigenvalue weighted by atomic mass is 32.2. The summed E-state index contributed by atoms with van der Waals surface area (Å²) in [4.78, 5) is 21.9. The van der Waals surface area contributed by atoms with Crippen LogP contribution in [0.25, 0.3) is 5.78 Å². The second kappa shape index (κ2) is 7.00. The van der Waals surface area contributed by atoms with Crippen LogP contribution in [0.4, 0.5) is 0 Å². The summed E-state index contributed by atoms with van der Waals surface area (Å²) in [5.74, 6) is 1.11. The number of hydrogen-bond acceptors (Lipinski definition) is 5. The van der Waals surface area contributed by atoms with Crippen LogP contribution in [0, 0.1) is 20.8 Å². The van der Waals surface area contributed by atoms with Crippen molar-refractivity contribution in [3.05, 3.63) is 53.1 Å². The van der Waals surface area contributed by atoms with E-state index >= 15 is 0 Å². The van der Waals surface area contributed by atoms with Gasteiger partial charge >= 0.3 is 0 Å². The third kappa shape index (κ3) is 3.73. The molecule has 1 aromatic carbocycles. The Morgan fingerprint density at radius 1 is 1.17 bits per heavy atom. The Morgan fingerprint density at radius 3 is 2.67 bits per heavy atom. The van der Waals surface area contributed by atoms with Crippen LogP contribution in [0.3, 0.4) is 0 Å². The largest absolute Gasteiger partial charge is 0.348 e. The van der Waals surface area contributed by atoms with Gasteiger partial charge in [-0.05, 0) is 39.0 Å². The van der Waals surface area contributed by atoms with Crippen molar-refractivity contribution in [3.8, 4) is 0 Å². The van der Waals surface area contributed by atoms with Gasteiger partial charge in [0.1, 0.15) is 0 Å². The molecule has 0 aliphatic heterocycles. The molecule has 0 fully saturated rings. The maximum absolute atomic E-state index is 12.2. The van der Waals surface area contributed by atoms with E-state index < -0.39 is 0 Å². The third-order valence-electron chi connectivity index (χ3n) is 3.50. The average molecular weight is 341 g/mol. The molecule has 0 bridgehead atoms. The molecule has 7 heteroatoms. The first kappa shape index (κ1) is 16.4. The number of aryl methyl sites for hydroxylation is 3. The highest BCUT2D eigenvalue weighted by Crippen LogP contribution is 2.17. The van der Waals surface area contributed by atoms with Gasteiger partial charge in [-0.1, -0.05) is 17.7 Å². The summed E-state index contributed by atoms with van der Waals surface area (Å²) < 4.78 is 1.59. The smallest absolute Gasteiger partial charge is 0.291 e. The van der Waals surface area contributed by atoms with Crippen LogP contribution < -0.4 is 5.32 Å². The molecule has 0 saturated carbocycles. The van der Waals surface area contributed by atoms with Crippen LogP contribution in [-0.4, -0.2) is 37.8 Å². The molecule has 0 aliphatic carbocycles. The van der Waals surface area contributed by atoms with Crippen molar-refractivity contribution in [3.63, 3.8) is 0 Å². The molecule has 2 heterocycles. The van der Waals surface area contributed by atoms with E-state index in [0.717, 1.165) is 17.1 Å². The summed E-state index contributed by atoms with van der Waals surface area (Å²) in [6, 6.07) is 10.2. The van der Waals surface area contributed by atoms with Crippen molar-refractivity contribution in [1.29, 1.82) is 0 Å². The summed E-state index contributed by atoms with van der Waals surface area (Å²) in [5, 5.41) is 7.07. The highest BCUT2D eigenvalue weighted by molar-refractivity contribution is 7.99. The summed E-state index contributed by atoms with van der Waals surface area (Å²) >= 11 is 1.70. The van der Waals surface area contributed by atoms with Crippen LogP contribution >= 0.6 is 11.8 Å². The molecule has 0 spiro atoms. The van der Waals surface area contributed by atoms with Gasteiger partial charge in [-0.3, -0.25) is 4.79 Å². The molecule has 1 amide bonds. The molecule has 3 aromatic rings. The molecule has 0 unspecified atom stereocenters. The number of rotatable bonds is 5. The average Bonchev–Trinajstić information content (AvgIpc) is 2.97. The van der Waals surface area contributed by atoms with Crippen LogP contribution in [0.15, 0.2) is 35.2 Å². The number of nitrogens with one attached hydrogen (secondary N) is 1. The number of thioether (sulfide) groups is 1. The molecule has 0 radical (unpaired) electrons. The predicted molar refractivity (Wildman–Crippen MR) is 94.5 cm³/mol. The minimum Gasteiger partial charge on any atom is -0.348 e. The van der Waals surface area contributed by atoms with E-state index in [2.05, 4.69) is 51.6 Å². The lowest BCUT2D eigenvalue weighted by Gasteiger charge is -2.03. The maximum Gasteiger partial charge on any atom is 0.291 e. The number of hydrogen-bond donors (Lipinski definition) is 1. The number of amides is 1. The summed E-state index contributed by atoms with van der Waals surface area (Å²) in [5.41, 5.74) is 3.00. The van der Waals surface area contributed by atoms with E-state index in [1.165, 1.54) is 10.5 Å². The van der Waals surface area contributed by atoms with Gasteiger partial charge < -0.3 is 5.32 Å². The summed E-state index contributed by atoms with van der Waals surface area (Å²) in [7, 11) is 0. The Bertz CT molecular complexity index is 873. The monoisotopic (exact) mass is 341 g/mol. The standard InChI is InChI=1S/C17H19N5OS/c1-11-4-6-14(7-5-11)24-9-8-18-16(23)15-20-17-19-12(2)10-13(3)22(17)21-15/h4-7,10H,8-9H2,1-3H3,(H,18,23). The molecular weight excluding hydrogens is 322 g/mol. The Balaban J connectivity index is 1.57. The molecule has 2 aromatic heterocycles. The van der Waals surface area contributed by atoms with E-state index in [1.807, 2.05) is 19.9 Å². The van der Waals surface area contributed by atoms with Gasteiger partial charge in [0.2, 0.25) is 5.82 Å². The van der Waals surface area contributed by atoms with E-state index in [9.17, 15) is 4.79 Å². The number of aromatic nitrogens is 4. The number of carbonyl (C=O) groups is 1. The van der Waals surface area contributed by atoms with Gasteiger partial charge in [-0.2, -0.15) is 4.98 Å². The van der Waals surface area contributed by atoms with E-state index in [4.69, 9.17) is 0 Å². The fourth-order valence-electron chi connectivity index (χ4n) is 2.31. The third-order valence-corrected chi connectivity index (χ3v) is 4.51. The Labute approximate surface area is 144 Å². The Kier molecular flexibility index (Phi) is 4.80. The minimum atomic E-state index is -0.276. The topological polar surface area (TPSA) is 72.2 Å². The molecule has 1 N–H and O–H groups in total.